The van der Waals surface area contributed by atoms with Crippen LogP contribution >= 0.6 is 23.2 Å². The molecule has 1 aromatic carbocycles. The molecule has 2 aromatic heterocycles. The maximum Gasteiger partial charge on any atom is 0.242 e. The summed E-state index contributed by atoms with van der Waals surface area (Å²) in [7, 11) is -3.76. The minimum Gasteiger partial charge on any atom is -0.367 e. The minimum atomic E-state index is -3.76. The van der Waals surface area contributed by atoms with Gasteiger partial charge in [-0.25, -0.2) is 18.1 Å². The van der Waals surface area contributed by atoms with E-state index in [9.17, 15) is 8.42 Å². The molecule has 0 saturated heterocycles. The number of nitrogens with one attached hydrogen (secondary N) is 3. The molecule has 0 unspecified atom stereocenters. The van der Waals surface area contributed by atoms with Crippen LogP contribution in [0.2, 0.25) is 10.0 Å². The first-order chi connectivity index (χ1) is 14.2. The molecule has 0 fully saturated rings. The maximum atomic E-state index is 12.5. The average Bonchev–Trinajstić information content (AvgIpc) is 2.69. The second kappa shape index (κ2) is 9.57. The van der Waals surface area contributed by atoms with Crippen molar-refractivity contribution in [1.82, 2.24) is 19.9 Å². The number of benzene rings is 1. The Kier molecular flexibility index (Phi) is 7.09. The number of hydrogen-bond donors (Lipinski definition) is 3. The first-order valence-corrected chi connectivity index (χ1v) is 11.2. The van der Waals surface area contributed by atoms with Crippen molar-refractivity contribution in [3.05, 3.63) is 63.8 Å². The maximum absolute atomic E-state index is 12.5. The van der Waals surface area contributed by atoms with E-state index in [1.54, 1.807) is 25.3 Å². The number of nitrogens with zero attached hydrogens (tertiary/aromatic N) is 3. The van der Waals surface area contributed by atoms with Gasteiger partial charge in [0.25, 0.3) is 0 Å². The molecule has 158 valence electrons. The molecule has 11 heteroatoms. The van der Waals surface area contributed by atoms with Crippen molar-refractivity contribution in [2.75, 3.05) is 23.7 Å². The lowest BCUT2D eigenvalue weighted by atomic mass is 10.2. The first kappa shape index (κ1) is 22.2. The molecule has 0 atom stereocenters. The number of anilines is 3. The van der Waals surface area contributed by atoms with Gasteiger partial charge in [-0.2, -0.15) is 0 Å². The molecule has 0 radical (unpaired) electrons. The first-order valence-electron chi connectivity index (χ1n) is 8.97. The highest BCUT2D eigenvalue weighted by atomic mass is 35.5. The van der Waals surface area contributed by atoms with Gasteiger partial charge in [-0.05, 0) is 61.4 Å². The summed E-state index contributed by atoms with van der Waals surface area (Å²) in [5.74, 6) is 1.74. The highest BCUT2D eigenvalue weighted by molar-refractivity contribution is 7.89. The largest absolute Gasteiger partial charge is 0.367 e. The Morgan fingerprint density at radius 1 is 0.900 bits per heavy atom. The quantitative estimate of drug-likeness (QED) is 0.431. The van der Waals surface area contributed by atoms with Crippen molar-refractivity contribution < 1.29 is 8.42 Å². The van der Waals surface area contributed by atoms with Gasteiger partial charge in [0, 0.05) is 24.3 Å². The lowest BCUT2D eigenvalue weighted by Crippen LogP contribution is -2.29. The normalized spacial score (nSPS) is 11.3. The lowest BCUT2D eigenvalue weighted by Gasteiger charge is -2.11. The van der Waals surface area contributed by atoms with Gasteiger partial charge in [0.1, 0.15) is 16.5 Å². The van der Waals surface area contributed by atoms with Gasteiger partial charge in [-0.1, -0.05) is 23.2 Å². The van der Waals surface area contributed by atoms with E-state index in [4.69, 9.17) is 23.2 Å². The Morgan fingerprint density at radius 3 is 2.33 bits per heavy atom. The third-order valence-electron chi connectivity index (χ3n) is 4.06. The van der Waals surface area contributed by atoms with Crippen LogP contribution in [0.3, 0.4) is 0 Å². The van der Waals surface area contributed by atoms with Crippen LogP contribution in [0.25, 0.3) is 0 Å². The highest BCUT2D eigenvalue weighted by Crippen LogP contribution is 2.28. The monoisotopic (exact) mass is 466 g/mol. The molecule has 0 bridgehead atoms. The second-order valence-electron chi connectivity index (χ2n) is 6.50. The molecule has 3 N–H and O–H groups in total. The highest BCUT2D eigenvalue weighted by Gasteiger charge is 2.18. The average molecular weight is 467 g/mol. The molecule has 30 heavy (non-hydrogen) atoms. The smallest absolute Gasteiger partial charge is 0.242 e. The van der Waals surface area contributed by atoms with Crippen molar-refractivity contribution in [2.45, 2.75) is 18.7 Å². The molecule has 0 aliphatic rings. The van der Waals surface area contributed by atoms with Crippen molar-refractivity contribution in [1.29, 1.82) is 0 Å². The van der Waals surface area contributed by atoms with Crippen LogP contribution in [0, 0.1) is 13.8 Å². The number of hydrogen-bond acceptors (Lipinski definition) is 7. The van der Waals surface area contributed by atoms with Crippen molar-refractivity contribution in [3.63, 3.8) is 0 Å². The number of sulfonamides is 1. The van der Waals surface area contributed by atoms with Crippen molar-refractivity contribution in [3.8, 4) is 0 Å². The van der Waals surface area contributed by atoms with Gasteiger partial charge in [-0.15, -0.1) is 10.2 Å². The number of rotatable bonds is 8. The summed E-state index contributed by atoms with van der Waals surface area (Å²) in [6, 6.07) is 10.1. The van der Waals surface area contributed by atoms with Crippen molar-refractivity contribution in [2.24, 2.45) is 0 Å². The molecule has 3 aromatic rings. The predicted molar refractivity (Wildman–Crippen MR) is 119 cm³/mol. The molecular formula is C19H20Cl2N6O2S. The summed E-state index contributed by atoms with van der Waals surface area (Å²) in [6.45, 7) is 4.13. The summed E-state index contributed by atoms with van der Waals surface area (Å²) in [6.07, 6.45) is 1.71. The SMILES string of the molecule is Cc1ccnc(Nc2ccc(NCCNS(=O)(=O)c3cc(C)c(Cl)cc3Cl)nn2)c1. The fraction of sp³-hybridized carbons (Fsp3) is 0.211. The van der Waals surface area contributed by atoms with E-state index in [0.29, 0.717) is 34.6 Å². The third kappa shape index (κ3) is 5.79. The van der Waals surface area contributed by atoms with Crippen LogP contribution < -0.4 is 15.4 Å². The fourth-order valence-corrected chi connectivity index (χ4v) is 4.38. The minimum absolute atomic E-state index is 0.00829. The number of halogens is 2. The predicted octanol–water partition coefficient (Wildman–Crippen LogP) is 3.93. The Balaban J connectivity index is 1.52. The molecule has 0 amide bonds. The van der Waals surface area contributed by atoms with E-state index in [-0.39, 0.29) is 16.5 Å². The number of aromatic nitrogens is 3. The Labute approximate surface area is 185 Å². The Morgan fingerprint density at radius 2 is 1.63 bits per heavy atom. The molecule has 0 aliphatic heterocycles. The molecule has 0 spiro atoms. The topological polar surface area (TPSA) is 109 Å². The number of aryl methyl sites for hydroxylation is 2. The summed E-state index contributed by atoms with van der Waals surface area (Å²) in [4.78, 5) is 4.20. The standard InChI is InChI=1S/C19H20Cl2N6O2S/c1-12-5-6-22-19(9-12)25-18-4-3-17(26-27-18)23-7-8-24-30(28,29)16-10-13(2)14(20)11-15(16)21/h3-6,9-11,24H,7-8H2,1-2H3,(H,23,26)(H,22,25,27). The molecule has 8 nitrogen and oxygen atoms in total. The van der Waals surface area contributed by atoms with Crippen LogP contribution in [0.5, 0.6) is 0 Å². The van der Waals surface area contributed by atoms with E-state index in [2.05, 4.69) is 30.5 Å². The zero-order chi connectivity index (χ0) is 21.7. The summed E-state index contributed by atoms with van der Waals surface area (Å²) < 4.78 is 27.4. The Bertz CT molecular complexity index is 1140. The van der Waals surface area contributed by atoms with E-state index in [0.717, 1.165) is 5.56 Å². The molecule has 3 rings (SSSR count). The van der Waals surface area contributed by atoms with E-state index >= 15 is 0 Å². The molecular weight excluding hydrogens is 447 g/mol. The summed E-state index contributed by atoms with van der Waals surface area (Å²) in [5.41, 5.74) is 1.71. The molecule has 0 aliphatic carbocycles. The van der Waals surface area contributed by atoms with Crippen LogP contribution in [-0.4, -0.2) is 36.7 Å². The van der Waals surface area contributed by atoms with Crippen LogP contribution in [-0.2, 0) is 10.0 Å². The third-order valence-corrected chi connectivity index (χ3v) is 6.39. The van der Waals surface area contributed by atoms with Gasteiger partial charge >= 0.3 is 0 Å². The number of pyridine rings is 1. The van der Waals surface area contributed by atoms with E-state index in [1.165, 1.54) is 12.1 Å². The fourth-order valence-electron chi connectivity index (χ4n) is 2.52. The Hall–Kier alpha value is -2.46. The summed E-state index contributed by atoms with van der Waals surface area (Å²) >= 11 is 12.0. The molecule has 0 saturated carbocycles. The van der Waals surface area contributed by atoms with Crippen LogP contribution in [0.4, 0.5) is 17.5 Å². The van der Waals surface area contributed by atoms with Gasteiger partial charge in [0.15, 0.2) is 5.82 Å². The van der Waals surface area contributed by atoms with Gasteiger partial charge in [-0.3, -0.25) is 0 Å². The van der Waals surface area contributed by atoms with E-state index < -0.39 is 10.0 Å². The zero-order valence-corrected chi connectivity index (χ0v) is 18.6. The lowest BCUT2D eigenvalue weighted by molar-refractivity contribution is 0.583. The second-order valence-corrected chi connectivity index (χ2v) is 9.05. The van der Waals surface area contributed by atoms with E-state index in [1.807, 2.05) is 19.1 Å². The van der Waals surface area contributed by atoms with Crippen LogP contribution in [0.1, 0.15) is 11.1 Å². The molecule has 2 heterocycles. The van der Waals surface area contributed by atoms with Gasteiger partial charge < -0.3 is 10.6 Å². The van der Waals surface area contributed by atoms with Crippen LogP contribution in [0.15, 0.2) is 47.5 Å². The van der Waals surface area contributed by atoms with Gasteiger partial charge in [0.05, 0.1) is 5.02 Å². The summed E-state index contributed by atoms with van der Waals surface area (Å²) in [5, 5.41) is 14.7. The zero-order valence-electron chi connectivity index (χ0n) is 16.3. The van der Waals surface area contributed by atoms with Gasteiger partial charge in [0.2, 0.25) is 10.0 Å². The van der Waals surface area contributed by atoms with Crippen molar-refractivity contribution >= 4 is 50.7 Å².